The maximum Gasteiger partial charge on any atom is 0.401 e. The van der Waals surface area contributed by atoms with Gasteiger partial charge in [-0.3, -0.25) is 14.7 Å². The predicted molar refractivity (Wildman–Crippen MR) is 172 cm³/mol. The minimum Gasteiger partial charge on any atom is -0.369 e. The number of carbonyl (C=O) groups excluding carboxylic acids is 1. The topological polar surface area (TPSA) is 99.2 Å². The molecule has 0 radical (unpaired) electrons. The minimum atomic E-state index is -4.17. The summed E-state index contributed by atoms with van der Waals surface area (Å²) in [6, 6.07) is 13.5. The number of carbonyl (C=O) groups is 1. The van der Waals surface area contributed by atoms with E-state index in [0.29, 0.717) is 43.9 Å². The highest BCUT2D eigenvalue weighted by Crippen LogP contribution is 2.28. The molecule has 1 aliphatic heterocycles. The molecule has 1 saturated heterocycles. The van der Waals surface area contributed by atoms with Gasteiger partial charge in [0.1, 0.15) is 18.0 Å². The number of fused-ring (bicyclic) bond motifs is 1. The van der Waals surface area contributed by atoms with Gasteiger partial charge in [0.15, 0.2) is 0 Å². The molecule has 2 N–H and O–H groups in total. The molecular formula is C31H37F3N8OS. The number of nitrogens with one attached hydrogen (secondary N) is 2. The summed E-state index contributed by atoms with van der Waals surface area (Å²) in [5.74, 6) is 1.36. The number of hydrogen-bond donors (Lipinski definition) is 2. The highest BCUT2D eigenvalue weighted by atomic mass is 32.1. The van der Waals surface area contributed by atoms with Crippen molar-refractivity contribution in [3.63, 3.8) is 0 Å². The highest BCUT2D eigenvalue weighted by Gasteiger charge is 2.33. The van der Waals surface area contributed by atoms with Crippen LogP contribution in [0.5, 0.6) is 0 Å². The second-order valence-electron chi connectivity index (χ2n) is 10.9. The average Bonchev–Trinajstić information content (AvgIpc) is 3.02. The van der Waals surface area contributed by atoms with Crippen molar-refractivity contribution in [3.05, 3.63) is 72.3 Å². The van der Waals surface area contributed by atoms with Crippen molar-refractivity contribution in [2.24, 2.45) is 0 Å². The van der Waals surface area contributed by atoms with Crippen LogP contribution in [0.2, 0.25) is 0 Å². The number of piperidine rings is 1. The second kappa shape index (κ2) is 14.2. The number of para-hydroxylation sites is 1. The predicted octanol–water partition coefficient (Wildman–Crippen LogP) is 5.24. The second-order valence-corrected chi connectivity index (χ2v) is 10.9. The molecule has 1 atom stereocenters. The SMILES string of the molecule is CNC(=O)c1ccnc2c([C@H](C)CNc3cc(-c4ccc(N(C)C5CCN(CC(F)(F)F)CC5)nc4)ncn3)cccc12.S. The van der Waals surface area contributed by atoms with Crippen molar-refractivity contribution in [2.75, 3.05) is 50.5 Å². The van der Waals surface area contributed by atoms with Crippen molar-refractivity contribution >= 4 is 41.9 Å². The molecule has 1 fully saturated rings. The van der Waals surface area contributed by atoms with Gasteiger partial charge in [-0.15, -0.1) is 0 Å². The Morgan fingerprint density at radius 3 is 2.55 bits per heavy atom. The van der Waals surface area contributed by atoms with E-state index in [1.165, 1.54) is 11.2 Å². The third kappa shape index (κ3) is 7.75. The number of nitrogens with zero attached hydrogens (tertiary/aromatic N) is 6. The number of alkyl halides is 3. The number of anilines is 2. The molecule has 234 valence electrons. The zero-order valence-electron chi connectivity index (χ0n) is 24.9. The van der Waals surface area contributed by atoms with E-state index in [9.17, 15) is 18.0 Å². The first kappa shape index (κ1) is 32.9. The summed E-state index contributed by atoms with van der Waals surface area (Å²) in [7, 11) is 3.55. The summed E-state index contributed by atoms with van der Waals surface area (Å²) < 4.78 is 38.2. The van der Waals surface area contributed by atoms with Gasteiger partial charge in [0, 0.05) is 75.1 Å². The monoisotopic (exact) mass is 626 g/mol. The Kier molecular flexibility index (Phi) is 10.6. The summed E-state index contributed by atoms with van der Waals surface area (Å²) in [5.41, 5.74) is 3.96. The molecule has 13 heteroatoms. The molecule has 1 aromatic carbocycles. The van der Waals surface area contributed by atoms with Gasteiger partial charge < -0.3 is 15.5 Å². The number of amides is 1. The first-order valence-corrected chi connectivity index (χ1v) is 14.3. The van der Waals surface area contributed by atoms with Gasteiger partial charge in [0.05, 0.1) is 23.3 Å². The molecule has 0 unspecified atom stereocenters. The van der Waals surface area contributed by atoms with E-state index in [1.54, 1.807) is 25.5 Å². The van der Waals surface area contributed by atoms with Crippen molar-refractivity contribution in [2.45, 2.75) is 37.9 Å². The van der Waals surface area contributed by atoms with Gasteiger partial charge in [-0.2, -0.15) is 26.7 Å². The first-order chi connectivity index (χ1) is 20.6. The molecule has 0 saturated carbocycles. The van der Waals surface area contributed by atoms with Crippen LogP contribution in [0.1, 0.15) is 41.6 Å². The lowest BCUT2D eigenvalue weighted by molar-refractivity contribution is -0.147. The number of aromatic nitrogens is 4. The molecule has 1 aliphatic rings. The fourth-order valence-electron chi connectivity index (χ4n) is 5.56. The molecular weight excluding hydrogens is 589 g/mol. The Morgan fingerprint density at radius 2 is 1.86 bits per heavy atom. The zero-order chi connectivity index (χ0) is 30.6. The van der Waals surface area contributed by atoms with Crippen LogP contribution in [0.3, 0.4) is 0 Å². The lowest BCUT2D eigenvalue weighted by Crippen LogP contribution is -2.46. The largest absolute Gasteiger partial charge is 0.401 e. The fourth-order valence-corrected chi connectivity index (χ4v) is 5.56. The number of benzene rings is 1. The van der Waals surface area contributed by atoms with Crippen LogP contribution in [0.4, 0.5) is 24.8 Å². The summed E-state index contributed by atoms with van der Waals surface area (Å²) in [5, 5.41) is 6.89. The molecule has 4 heterocycles. The maximum atomic E-state index is 12.7. The van der Waals surface area contributed by atoms with Crippen LogP contribution < -0.4 is 15.5 Å². The van der Waals surface area contributed by atoms with Crippen LogP contribution >= 0.6 is 13.5 Å². The third-order valence-electron chi connectivity index (χ3n) is 7.97. The van der Waals surface area contributed by atoms with Gasteiger partial charge >= 0.3 is 6.18 Å². The van der Waals surface area contributed by atoms with Gasteiger partial charge in [-0.05, 0) is 36.6 Å². The van der Waals surface area contributed by atoms with E-state index in [0.717, 1.165) is 33.5 Å². The summed E-state index contributed by atoms with van der Waals surface area (Å²) in [6.07, 6.45) is 2.06. The number of hydrogen-bond acceptors (Lipinski definition) is 8. The number of likely N-dealkylation sites (tertiary alicyclic amines) is 1. The lowest BCUT2D eigenvalue weighted by atomic mass is 9.96. The average molecular weight is 627 g/mol. The first-order valence-electron chi connectivity index (χ1n) is 14.3. The number of rotatable bonds is 9. The molecule has 0 bridgehead atoms. The molecule has 1 amide bonds. The zero-order valence-corrected chi connectivity index (χ0v) is 25.9. The van der Waals surface area contributed by atoms with Crippen LogP contribution in [-0.2, 0) is 0 Å². The van der Waals surface area contributed by atoms with Gasteiger partial charge in [-0.25, -0.2) is 15.0 Å². The van der Waals surface area contributed by atoms with Crippen LogP contribution in [0, 0.1) is 0 Å². The van der Waals surface area contributed by atoms with Crippen LogP contribution in [0.15, 0.2) is 61.2 Å². The highest BCUT2D eigenvalue weighted by molar-refractivity contribution is 7.59. The number of pyridine rings is 2. The third-order valence-corrected chi connectivity index (χ3v) is 7.97. The van der Waals surface area contributed by atoms with Crippen molar-refractivity contribution in [1.29, 1.82) is 0 Å². The van der Waals surface area contributed by atoms with E-state index >= 15 is 0 Å². The standard InChI is InChI=1S/C31H35F3N8O.H2S/c1-20(23-5-4-6-24-25(30(43)35-2)9-12-36-29(23)24)16-37-27-15-26(39-19-40-27)21-7-8-28(38-17-21)41(3)22-10-13-42(14-11-22)18-31(32,33)34;/h4-9,12,15,17,19-20,22H,10-11,13-14,16,18H2,1-3H3,(H,35,43)(H,37,39,40);1H2/t20-;/m1./s1. The molecule has 0 spiro atoms. The van der Waals surface area contributed by atoms with Crippen molar-refractivity contribution in [3.8, 4) is 11.3 Å². The molecule has 0 aliphatic carbocycles. The van der Waals surface area contributed by atoms with E-state index in [2.05, 4.69) is 37.5 Å². The van der Waals surface area contributed by atoms with Gasteiger partial charge in [-0.1, -0.05) is 25.1 Å². The smallest absolute Gasteiger partial charge is 0.369 e. The lowest BCUT2D eigenvalue weighted by Gasteiger charge is -2.37. The molecule has 4 aromatic rings. The molecule has 9 nitrogen and oxygen atoms in total. The van der Waals surface area contributed by atoms with Gasteiger partial charge in [0.2, 0.25) is 0 Å². The van der Waals surface area contributed by atoms with E-state index in [4.69, 9.17) is 0 Å². The number of halogens is 3. The molecule has 5 rings (SSSR count). The molecule has 44 heavy (non-hydrogen) atoms. The van der Waals surface area contributed by atoms with Gasteiger partial charge in [0.25, 0.3) is 5.91 Å². The Morgan fingerprint density at radius 1 is 1.09 bits per heavy atom. The normalized spacial score (nSPS) is 15.0. The summed E-state index contributed by atoms with van der Waals surface area (Å²) in [6.45, 7) is 2.65. The van der Waals surface area contributed by atoms with E-state index in [1.807, 2.05) is 48.3 Å². The van der Waals surface area contributed by atoms with Crippen molar-refractivity contribution in [1.82, 2.24) is 30.2 Å². The Labute approximate surface area is 261 Å². The van der Waals surface area contributed by atoms with E-state index < -0.39 is 12.7 Å². The van der Waals surface area contributed by atoms with Crippen LogP contribution in [0.25, 0.3) is 22.2 Å². The maximum absolute atomic E-state index is 12.7. The Balaban J connectivity index is 0.00000442. The fraction of sp³-hybridized carbons (Fsp3) is 0.387. The Bertz CT molecular complexity index is 1560. The Hall–Kier alpha value is -3.97. The minimum absolute atomic E-state index is 0. The quantitative estimate of drug-likeness (QED) is 0.261. The van der Waals surface area contributed by atoms with Crippen LogP contribution in [-0.4, -0.2) is 83.2 Å². The molecule has 3 aromatic heterocycles. The summed E-state index contributed by atoms with van der Waals surface area (Å²) >= 11 is 0. The van der Waals surface area contributed by atoms with E-state index in [-0.39, 0.29) is 31.4 Å². The van der Waals surface area contributed by atoms with Crippen molar-refractivity contribution < 1.29 is 18.0 Å². The summed E-state index contributed by atoms with van der Waals surface area (Å²) in [4.78, 5) is 33.8.